The summed E-state index contributed by atoms with van der Waals surface area (Å²) in [4.78, 5) is 11.4. The molecule has 1 aromatic rings. The van der Waals surface area contributed by atoms with E-state index in [2.05, 4.69) is 0 Å². The first-order valence-electron chi connectivity index (χ1n) is 4.74. The van der Waals surface area contributed by atoms with Crippen molar-refractivity contribution in [1.29, 1.82) is 0 Å². The van der Waals surface area contributed by atoms with Crippen molar-refractivity contribution >= 4 is 5.78 Å². The molecule has 0 heterocycles. The number of carbonyl (C=O) groups excluding carboxylic acids is 1. The number of carbonyl (C=O) groups is 1. The van der Waals surface area contributed by atoms with E-state index in [1.165, 1.54) is 0 Å². The lowest BCUT2D eigenvalue weighted by molar-refractivity contribution is 0.0985. The maximum atomic E-state index is 12.0. The van der Waals surface area contributed by atoms with Crippen LogP contribution in [0, 0.1) is 0 Å². The van der Waals surface area contributed by atoms with Gasteiger partial charge in [0.1, 0.15) is 0 Å². The topological polar surface area (TPSA) is 43.1 Å². The second-order valence-electron chi connectivity index (χ2n) is 3.25. The minimum absolute atomic E-state index is 0.0545. The van der Waals surface area contributed by atoms with Crippen molar-refractivity contribution in [3.05, 3.63) is 35.4 Å². The highest BCUT2D eigenvalue weighted by molar-refractivity contribution is 5.96. The third kappa shape index (κ3) is 3.75. The molecule has 0 fully saturated rings. The van der Waals surface area contributed by atoms with Crippen molar-refractivity contribution in [2.24, 2.45) is 5.73 Å². The third-order valence-corrected chi connectivity index (χ3v) is 2.04. The van der Waals surface area contributed by atoms with Crippen molar-refractivity contribution in [3.63, 3.8) is 0 Å². The number of nitrogens with two attached hydrogens (primary N) is 1. The van der Waals surface area contributed by atoms with Gasteiger partial charge >= 0.3 is 0 Å². The third-order valence-electron chi connectivity index (χ3n) is 2.04. The molecule has 82 valence electrons. The summed E-state index contributed by atoms with van der Waals surface area (Å²) in [6, 6.07) is 6.23. The lowest BCUT2D eigenvalue weighted by Gasteiger charge is -2.02. The highest BCUT2D eigenvalue weighted by atomic mass is 19.3. The van der Waals surface area contributed by atoms with E-state index < -0.39 is 6.43 Å². The van der Waals surface area contributed by atoms with Crippen LogP contribution in [0.1, 0.15) is 22.3 Å². The van der Waals surface area contributed by atoms with Gasteiger partial charge in [0.2, 0.25) is 6.43 Å². The number of hydrogen-bond donors (Lipinski definition) is 1. The second kappa shape index (κ2) is 5.56. The van der Waals surface area contributed by atoms with Crippen molar-refractivity contribution in [2.45, 2.75) is 19.3 Å². The first-order valence-corrected chi connectivity index (χ1v) is 4.74. The number of hydrogen-bond acceptors (Lipinski definition) is 2. The van der Waals surface area contributed by atoms with E-state index in [4.69, 9.17) is 5.73 Å². The largest absolute Gasteiger partial charge is 0.330 e. The molecular weight excluding hydrogens is 200 g/mol. The van der Waals surface area contributed by atoms with Gasteiger partial charge < -0.3 is 5.73 Å². The van der Waals surface area contributed by atoms with E-state index in [1.807, 2.05) is 0 Å². The molecule has 0 atom stereocenters. The zero-order valence-electron chi connectivity index (χ0n) is 8.25. The fourth-order valence-electron chi connectivity index (χ4n) is 1.28. The Balaban J connectivity index is 2.67. The van der Waals surface area contributed by atoms with Crippen LogP contribution in [-0.2, 0) is 6.42 Å². The Morgan fingerprint density at radius 2 is 1.87 bits per heavy atom. The van der Waals surface area contributed by atoms with Crippen molar-refractivity contribution in [1.82, 2.24) is 0 Å². The molecule has 0 aliphatic carbocycles. The average Bonchev–Trinajstić information content (AvgIpc) is 2.18. The number of alkyl halides is 2. The van der Waals surface area contributed by atoms with Crippen LogP contribution in [0.15, 0.2) is 24.3 Å². The van der Waals surface area contributed by atoms with Crippen LogP contribution in [0.3, 0.4) is 0 Å². The second-order valence-corrected chi connectivity index (χ2v) is 3.25. The Kier molecular flexibility index (Phi) is 4.37. The summed E-state index contributed by atoms with van der Waals surface area (Å²) in [6.45, 7) is 0.303. The number of benzene rings is 1. The van der Waals surface area contributed by atoms with E-state index in [1.54, 1.807) is 24.3 Å². The number of halogens is 2. The van der Waals surface area contributed by atoms with Gasteiger partial charge in [-0.25, -0.2) is 8.78 Å². The zero-order chi connectivity index (χ0) is 11.3. The highest BCUT2D eigenvalue weighted by Crippen LogP contribution is 2.10. The molecule has 1 rings (SSSR count). The molecule has 0 saturated carbocycles. The molecule has 0 spiro atoms. The van der Waals surface area contributed by atoms with E-state index in [9.17, 15) is 13.6 Å². The summed E-state index contributed by atoms with van der Waals surface area (Å²) in [5, 5.41) is 0. The molecule has 0 aliphatic heterocycles. The first-order chi connectivity index (χ1) is 7.13. The van der Waals surface area contributed by atoms with Gasteiger partial charge in [0.15, 0.2) is 5.78 Å². The van der Waals surface area contributed by atoms with Crippen LogP contribution in [0.4, 0.5) is 8.78 Å². The molecule has 15 heavy (non-hydrogen) atoms. The fourth-order valence-corrected chi connectivity index (χ4v) is 1.28. The normalized spacial score (nSPS) is 10.7. The Labute approximate surface area is 87.1 Å². The number of rotatable bonds is 5. The van der Waals surface area contributed by atoms with Gasteiger partial charge in [-0.3, -0.25) is 4.79 Å². The van der Waals surface area contributed by atoms with E-state index in [0.29, 0.717) is 17.7 Å². The summed E-state index contributed by atoms with van der Waals surface area (Å²) in [6.07, 6.45) is -2.34. The minimum Gasteiger partial charge on any atom is -0.330 e. The number of Topliss-reactive ketones (excluding diaryl/α,β-unsaturated/α-hetero) is 1. The summed E-state index contributed by atoms with van der Waals surface area (Å²) < 4.78 is 24.0. The average molecular weight is 213 g/mol. The minimum atomic E-state index is -2.35. The SMILES string of the molecule is NCCC(=O)c1ccc(CC(F)F)cc1. The van der Waals surface area contributed by atoms with Gasteiger partial charge in [0.05, 0.1) is 0 Å². The van der Waals surface area contributed by atoms with Crippen LogP contribution in [-0.4, -0.2) is 18.8 Å². The van der Waals surface area contributed by atoms with Crippen LogP contribution < -0.4 is 5.73 Å². The molecule has 0 bridgehead atoms. The molecule has 4 heteroatoms. The van der Waals surface area contributed by atoms with Crippen molar-refractivity contribution in [3.8, 4) is 0 Å². The van der Waals surface area contributed by atoms with Crippen LogP contribution in [0.2, 0.25) is 0 Å². The Hall–Kier alpha value is -1.29. The van der Waals surface area contributed by atoms with Crippen LogP contribution in [0.25, 0.3) is 0 Å². The molecule has 0 radical (unpaired) electrons. The van der Waals surface area contributed by atoms with E-state index in [0.717, 1.165) is 0 Å². The Morgan fingerprint density at radius 1 is 1.27 bits per heavy atom. The van der Waals surface area contributed by atoms with Gasteiger partial charge in [-0.15, -0.1) is 0 Å². The summed E-state index contributed by atoms with van der Waals surface area (Å²) in [5.74, 6) is -0.0545. The smallest absolute Gasteiger partial charge is 0.242 e. The zero-order valence-corrected chi connectivity index (χ0v) is 8.25. The molecule has 0 aliphatic rings. The summed E-state index contributed by atoms with van der Waals surface area (Å²) in [7, 11) is 0. The fraction of sp³-hybridized carbons (Fsp3) is 0.364. The molecular formula is C11H13F2NO. The quantitative estimate of drug-likeness (QED) is 0.760. The first kappa shape index (κ1) is 11.8. The lowest BCUT2D eigenvalue weighted by Crippen LogP contribution is -2.08. The molecule has 0 unspecified atom stereocenters. The molecule has 2 N–H and O–H groups in total. The number of ketones is 1. The van der Waals surface area contributed by atoms with Crippen LogP contribution >= 0.6 is 0 Å². The van der Waals surface area contributed by atoms with E-state index in [-0.39, 0.29) is 18.6 Å². The molecule has 0 saturated heterocycles. The van der Waals surface area contributed by atoms with Crippen molar-refractivity contribution in [2.75, 3.05) is 6.54 Å². The molecule has 2 nitrogen and oxygen atoms in total. The Bertz CT molecular complexity index is 322. The maximum absolute atomic E-state index is 12.0. The monoisotopic (exact) mass is 213 g/mol. The van der Waals surface area contributed by atoms with Gasteiger partial charge in [-0.05, 0) is 12.1 Å². The predicted octanol–water partition coefficient (Wildman–Crippen LogP) is 2.03. The molecule has 1 aromatic carbocycles. The van der Waals surface area contributed by atoms with Crippen molar-refractivity contribution < 1.29 is 13.6 Å². The summed E-state index contributed by atoms with van der Waals surface area (Å²) in [5.41, 5.74) is 6.31. The van der Waals surface area contributed by atoms with Gasteiger partial charge in [0, 0.05) is 18.4 Å². The van der Waals surface area contributed by atoms with Gasteiger partial charge in [-0.1, -0.05) is 24.3 Å². The summed E-state index contributed by atoms with van der Waals surface area (Å²) >= 11 is 0. The predicted molar refractivity (Wildman–Crippen MR) is 54.2 cm³/mol. The maximum Gasteiger partial charge on any atom is 0.242 e. The highest BCUT2D eigenvalue weighted by Gasteiger charge is 2.07. The Morgan fingerprint density at radius 3 is 2.33 bits per heavy atom. The van der Waals surface area contributed by atoms with Gasteiger partial charge in [-0.2, -0.15) is 0 Å². The molecule has 0 aromatic heterocycles. The van der Waals surface area contributed by atoms with E-state index >= 15 is 0 Å². The lowest BCUT2D eigenvalue weighted by atomic mass is 10.0. The van der Waals surface area contributed by atoms with Crippen LogP contribution in [0.5, 0.6) is 0 Å². The standard InChI is InChI=1S/C11H13F2NO/c12-11(13)7-8-1-3-9(4-2-8)10(15)5-6-14/h1-4,11H,5-7,14H2. The molecule has 0 amide bonds. The van der Waals surface area contributed by atoms with Gasteiger partial charge in [0.25, 0.3) is 0 Å².